The topological polar surface area (TPSA) is 54.9 Å². The van der Waals surface area contributed by atoms with Crippen molar-refractivity contribution in [3.8, 4) is 11.5 Å². The Morgan fingerprint density at radius 2 is 1.97 bits per heavy atom. The molecule has 158 valence electrons. The number of nitrogens with zero attached hydrogens (tertiary/aromatic N) is 3. The van der Waals surface area contributed by atoms with E-state index in [-0.39, 0.29) is 19.1 Å². The molecule has 0 fully saturated rings. The lowest BCUT2D eigenvalue weighted by Gasteiger charge is -2.21. The molecule has 0 saturated heterocycles. The number of fused-ring (bicyclic) bond motifs is 2. The number of thiazole rings is 1. The summed E-state index contributed by atoms with van der Waals surface area (Å²) in [5.74, 6) is 1.41. The first-order chi connectivity index (χ1) is 14.4. The summed E-state index contributed by atoms with van der Waals surface area (Å²) in [7, 11) is 4.06. The summed E-state index contributed by atoms with van der Waals surface area (Å²) in [5.41, 5.74) is 2.69. The molecule has 1 aliphatic heterocycles. The van der Waals surface area contributed by atoms with Crippen LogP contribution in [0.4, 0.5) is 5.13 Å². The first kappa shape index (κ1) is 20.9. The summed E-state index contributed by atoms with van der Waals surface area (Å²) < 4.78 is 11.8. The zero-order chi connectivity index (χ0) is 21.3. The third-order valence-corrected chi connectivity index (χ3v) is 6.50. The normalized spacial score (nSPS) is 12.7. The fourth-order valence-electron chi connectivity index (χ4n) is 3.40. The number of halogens is 1. The molecule has 0 bridgehead atoms. The van der Waals surface area contributed by atoms with Crippen molar-refractivity contribution in [1.29, 1.82) is 0 Å². The Bertz CT molecular complexity index is 1080. The monoisotopic (exact) mass is 445 g/mol. The molecule has 0 atom stereocenters. The van der Waals surface area contributed by atoms with E-state index in [1.165, 1.54) is 11.3 Å². The van der Waals surface area contributed by atoms with E-state index >= 15 is 0 Å². The van der Waals surface area contributed by atoms with Crippen LogP contribution in [0.3, 0.4) is 0 Å². The third-order valence-electron chi connectivity index (χ3n) is 5.05. The van der Waals surface area contributed by atoms with Gasteiger partial charge in [-0.3, -0.25) is 9.69 Å². The zero-order valence-corrected chi connectivity index (χ0v) is 18.8. The van der Waals surface area contributed by atoms with E-state index in [4.69, 9.17) is 26.1 Å². The molecule has 3 aromatic rings. The van der Waals surface area contributed by atoms with E-state index in [1.807, 2.05) is 51.4 Å². The lowest BCUT2D eigenvalue weighted by atomic mass is 10.1. The van der Waals surface area contributed by atoms with Crippen molar-refractivity contribution in [3.05, 3.63) is 46.5 Å². The molecule has 0 spiro atoms. The van der Waals surface area contributed by atoms with Crippen LogP contribution in [-0.4, -0.2) is 49.8 Å². The molecule has 30 heavy (non-hydrogen) atoms. The fraction of sp³-hybridized carbons (Fsp3) is 0.364. The number of anilines is 1. The predicted octanol–water partition coefficient (Wildman–Crippen LogP) is 4.51. The molecule has 1 aromatic heterocycles. The van der Waals surface area contributed by atoms with Crippen LogP contribution in [0.1, 0.15) is 17.5 Å². The van der Waals surface area contributed by atoms with Crippen LogP contribution in [0.15, 0.2) is 30.3 Å². The van der Waals surface area contributed by atoms with Gasteiger partial charge in [-0.05, 0) is 69.4 Å². The highest BCUT2D eigenvalue weighted by atomic mass is 35.5. The minimum atomic E-state index is 0.00966. The van der Waals surface area contributed by atoms with Crippen LogP contribution in [0.25, 0.3) is 10.2 Å². The van der Waals surface area contributed by atoms with Gasteiger partial charge >= 0.3 is 0 Å². The maximum absolute atomic E-state index is 13.3. The van der Waals surface area contributed by atoms with Gasteiger partial charge in [0.25, 0.3) is 0 Å². The molecule has 8 heteroatoms. The molecular weight excluding hydrogens is 422 g/mol. The fourth-order valence-corrected chi connectivity index (χ4v) is 4.62. The van der Waals surface area contributed by atoms with Gasteiger partial charge in [0.2, 0.25) is 12.7 Å². The Morgan fingerprint density at radius 3 is 2.77 bits per heavy atom. The van der Waals surface area contributed by atoms with Crippen molar-refractivity contribution in [1.82, 2.24) is 9.88 Å². The summed E-state index contributed by atoms with van der Waals surface area (Å²) in [6.07, 6.45) is 1.13. The van der Waals surface area contributed by atoms with E-state index in [0.717, 1.165) is 34.3 Å². The summed E-state index contributed by atoms with van der Waals surface area (Å²) in [6.45, 7) is 3.67. The van der Waals surface area contributed by atoms with E-state index in [0.29, 0.717) is 28.2 Å². The zero-order valence-electron chi connectivity index (χ0n) is 17.3. The second-order valence-electron chi connectivity index (χ2n) is 7.58. The molecule has 2 heterocycles. The largest absolute Gasteiger partial charge is 0.454 e. The Kier molecular flexibility index (Phi) is 6.13. The second kappa shape index (κ2) is 8.79. The van der Waals surface area contributed by atoms with Gasteiger partial charge in [-0.25, -0.2) is 4.98 Å². The molecule has 4 rings (SSSR count). The average Bonchev–Trinajstić information content (AvgIpc) is 3.34. The first-order valence-corrected chi connectivity index (χ1v) is 11.0. The van der Waals surface area contributed by atoms with Crippen molar-refractivity contribution in [2.45, 2.75) is 19.8 Å². The van der Waals surface area contributed by atoms with Crippen molar-refractivity contribution < 1.29 is 14.3 Å². The van der Waals surface area contributed by atoms with Gasteiger partial charge in [-0.1, -0.05) is 29.0 Å². The number of aromatic nitrogens is 1. The number of benzene rings is 2. The molecular formula is C22H24ClN3O3S. The maximum atomic E-state index is 13.3. The minimum Gasteiger partial charge on any atom is -0.454 e. The van der Waals surface area contributed by atoms with Crippen LogP contribution < -0.4 is 14.4 Å². The molecule has 0 N–H and O–H groups in total. The molecule has 0 radical (unpaired) electrons. The van der Waals surface area contributed by atoms with E-state index in [1.54, 1.807) is 4.90 Å². The molecule has 0 saturated carbocycles. The Balaban J connectivity index is 1.60. The van der Waals surface area contributed by atoms with Crippen LogP contribution in [0.2, 0.25) is 5.02 Å². The van der Waals surface area contributed by atoms with Gasteiger partial charge in [0.05, 0.1) is 16.6 Å². The lowest BCUT2D eigenvalue weighted by Crippen LogP contribution is -2.34. The highest BCUT2D eigenvalue weighted by Gasteiger charge is 2.22. The average molecular weight is 446 g/mol. The number of carbonyl (C=O) groups is 1. The maximum Gasteiger partial charge on any atom is 0.233 e. The number of rotatable bonds is 7. The number of aryl methyl sites for hydroxylation is 1. The summed E-state index contributed by atoms with van der Waals surface area (Å²) in [4.78, 5) is 22.0. The number of hydrogen-bond donors (Lipinski definition) is 0. The van der Waals surface area contributed by atoms with Crippen LogP contribution >= 0.6 is 22.9 Å². The molecule has 1 amide bonds. The van der Waals surface area contributed by atoms with Crippen molar-refractivity contribution in [2.75, 3.05) is 38.9 Å². The first-order valence-electron chi connectivity index (χ1n) is 9.81. The third kappa shape index (κ3) is 4.38. The SMILES string of the molecule is Cc1c(Cl)ccc2sc(N(CCCN(C)C)C(=O)Cc3ccc4c(c3)OCO4)nc12. The Morgan fingerprint density at radius 1 is 1.17 bits per heavy atom. The van der Waals surface area contributed by atoms with Gasteiger partial charge in [0, 0.05) is 11.6 Å². The standard InChI is InChI=1S/C22H24ClN3O3S/c1-14-16(23)6-8-19-21(14)24-22(30-19)26(10-4-9-25(2)3)20(27)12-15-5-7-17-18(11-15)29-13-28-17/h5-8,11H,4,9-10,12-13H2,1-3H3. The predicted molar refractivity (Wildman–Crippen MR) is 121 cm³/mol. The second-order valence-corrected chi connectivity index (χ2v) is 9.00. The van der Waals surface area contributed by atoms with Crippen LogP contribution in [-0.2, 0) is 11.2 Å². The highest BCUT2D eigenvalue weighted by Crippen LogP contribution is 2.35. The smallest absolute Gasteiger partial charge is 0.233 e. The Labute approximate surface area is 185 Å². The van der Waals surface area contributed by atoms with Crippen LogP contribution in [0, 0.1) is 6.92 Å². The molecule has 0 aliphatic carbocycles. The highest BCUT2D eigenvalue weighted by molar-refractivity contribution is 7.22. The van der Waals surface area contributed by atoms with Crippen molar-refractivity contribution in [2.24, 2.45) is 0 Å². The number of hydrogen-bond acceptors (Lipinski definition) is 6. The summed E-state index contributed by atoms with van der Waals surface area (Å²) >= 11 is 7.79. The van der Waals surface area contributed by atoms with E-state index in [9.17, 15) is 4.79 Å². The number of ether oxygens (including phenoxy) is 2. The minimum absolute atomic E-state index is 0.00966. The van der Waals surface area contributed by atoms with Gasteiger partial charge in [0.15, 0.2) is 16.6 Å². The number of carbonyl (C=O) groups excluding carboxylic acids is 1. The van der Waals surface area contributed by atoms with Gasteiger partial charge in [-0.2, -0.15) is 0 Å². The quantitative estimate of drug-likeness (QED) is 0.535. The van der Waals surface area contributed by atoms with E-state index < -0.39 is 0 Å². The van der Waals surface area contributed by atoms with Crippen molar-refractivity contribution >= 4 is 44.2 Å². The summed E-state index contributed by atoms with van der Waals surface area (Å²) in [5, 5.41) is 1.39. The molecule has 1 aliphatic rings. The van der Waals surface area contributed by atoms with Crippen LogP contribution in [0.5, 0.6) is 11.5 Å². The molecule has 0 unspecified atom stereocenters. The molecule has 2 aromatic carbocycles. The van der Waals surface area contributed by atoms with Gasteiger partial charge in [0.1, 0.15) is 0 Å². The summed E-state index contributed by atoms with van der Waals surface area (Å²) in [6, 6.07) is 9.48. The van der Waals surface area contributed by atoms with Crippen molar-refractivity contribution in [3.63, 3.8) is 0 Å². The Hall–Kier alpha value is -2.35. The van der Waals surface area contributed by atoms with Gasteiger partial charge in [-0.15, -0.1) is 0 Å². The van der Waals surface area contributed by atoms with E-state index in [2.05, 4.69) is 4.90 Å². The van der Waals surface area contributed by atoms with Gasteiger partial charge < -0.3 is 14.4 Å². The molecule has 6 nitrogen and oxygen atoms in total. The lowest BCUT2D eigenvalue weighted by molar-refractivity contribution is -0.118. The number of amides is 1.